The third kappa shape index (κ3) is 3.59. The molecule has 4 aromatic rings. The molecule has 0 aliphatic heterocycles. The fraction of sp³-hybridized carbons (Fsp3) is 0.100. The van der Waals surface area contributed by atoms with E-state index in [0.717, 1.165) is 32.2 Å². The van der Waals surface area contributed by atoms with E-state index in [0.29, 0.717) is 12.2 Å². The number of rotatable bonds is 4. The van der Waals surface area contributed by atoms with Crippen molar-refractivity contribution < 1.29 is 4.79 Å². The van der Waals surface area contributed by atoms with Gasteiger partial charge in [0.1, 0.15) is 5.69 Å². The monoisotopic (exact) mass is 421 g/mol. The van der Waals surface area contributed by atoms with Crippen LogP contribution in [0.3, 0.4) is 0 Å². The number of aromatic nitrogens is 4. The molecule has 0 aliphatic rings. The largest absolute Gasteiger partial charge is 0.347 e. The van der Waals surface area contributed by atoms with Crippen LogP contribution in [0.5, 0.6) is 0 Å². The van der Waals surface area contributed by atoms with Crippen molar-refractivity contribution in [1.82, 2.24) is 25.1 Å². The van der Waals surface area contributed by atoms with Gasteiger partial charge in [-0.1, -0.05) is 22.0 Å². The molecule has 134 valence electrons. The number of hydrogen-bond acceptors (Lipinski definition) is 4. The number of nitrogens with zero attached hydrogens (tertiary/aromatic N) is 4. The highest BCUT2D eigenvalue weighted by Crippen LogP contribution is 2.22. The Labute approximate surface area is 164 Å². The predicted octanol–water partition coefficient (Wildman–Crippen LogP) is 3.72. The molecular weight excluding hydrogens is 406 g/mol. The lowest BCUT2D eigenvalue weighted by Gasteiger charge is -2.07. The normalized spacial score (nSPS) is 10.9. The fourth-order valence-electron chi connectivity index (χ4n) is 2.92. The Kier molecular flexibility index (Phi) is 4.68. The van der Waals surface area contributed by atoms with E-state index in [9.17, 15) is 4.79 Å². The van der Waals surface area contributed by atoms with E-state index >= 15 is 0 Å². The van der Waals surface area contributed by atoms with Crippen LogP contribution >= 0.6 is 15.9 Å². The number of nitrogens with one attached hydrogen (secondary N) is 1. The van der Waals surface area contributed by atoms with Gasteiger partial charge in [-0.05, 0) is 42.0 Å². The van der Waals surface area contributed by atoms with Crippen LogP contribution in [0.25, 0.3) is 22.2 Å². The first kappa shape index (κ1) is 17.4. The average molecular weight is 422 g/mol. The van der Waals surface area contributed by atoms with Crippen LogP contribution in [0.2, 0.25) is 0 Å². The number of pyridine rings is 2. The summed E-state index contributed by atoms with van der Waals surface area (Å²) in [5, 5.41) is 8.17. The smallest absolute Gasteiger partial charge is 0.270 e. The summed E-state index contributed by atoms with van der Waals surface area (Å²) in [7, 11) is 1.77. The molecule has 0 bridgehead atoms. The number of fused-ring (bicyclic) bond motifs is 1. The van der Waals surface area contributed by atoms with Crippen molar-refractivity contribution in [2.24, 2.45) is 7.05 Å². The second-order valence-corrected chi connectivity index (χ2v) is 7.03. The van der Waals surface area contributed by atoms with E-state index in [-0.39, 0.29) is 5.91 Å². The maximum Gasteiger partial charge on any atom is 0.270 e. The Morgan fingerprint density at radius 2 is 2.07 bits per heavy atom. The molecule has 1 aromatic carbocycles. The lowest BCUT2D eigenvalue weighted by Crippen LogP contribution is -2.25. The van der Waals surface area contributed by atoms with Gasteiger partial charge < -0.3 is 5.32 Å². The summed E-state index contributed by atoms with van der Waals surface area (Å²) in [5.74, 6) is -0.168. The zero-order chi connectivity index (χ0) is 18.8. The van der Waals surface area contributed by atoms with Gasteiger partial charge in [0.2, 0.25) is 0 Å². The maximum absolute atomic E-state index is 12.7. The number of carbonyl (C=O) groups excluding carboxylic acids is 1. The van der Waals surface area contributed by atoms with E-state index in [4.69, 9.17) is 0 Å². The average Bonchev–Trinajstić information content (AvgIpc) is 3.02. The molecule has 0 unspecified atom stereocenters. The molecular formula is C20H16BrN5O. The van der Waals surface area contributed by atoms with E-state index in [1.54, 1.807) is 30.3 Å². The zero-order valence-electron chi connectivity index (χ0n) is 14.6. The summed E-state index contributed by atoms with van der Waals surface area (Å²) in [4.78, 5) is 21.2. The van der Waals surface area contributed by atoms with Crippen LogP contribution in [-0.2, 0) is 13.6 Å². The van der Waals surface area contributed by atoms with Crippen LogP contribution in [0, 0.1) is 0 Å². The first-order valence-electron chi connectivity index (χ1n) is 8.37. The van der Waals surface area contributed by atoms with Crippen molar-refractivity contribution in [2.45, 2.75) is 6.54 Å². The Morgan fingerprint density at radius 1 is 1.19 bits per heavy atom. The third-order valence-corrected chi connectivity index (χ3v) is 4.74. The highest BCUT2D eigenvalue weighted by molar-refractivity contribution is 9.10. The van der Waals surface area contributed by atoms with Gasteiger partial charge >= 0.3 is 0 Å². The molecule has 0 radical (unpaired) electrons. The van der Waals surface area contributed by atoms with E-state index in [2.05, 4.69) is 36.3 Å². The Bertz CT molecular complexity index is 1110. The van der Waals surface area contributed by atoms with Crippen LogP contribution in [-0.4, -0.2) is 25.7 Å². The molecule has 4 rings (SSSR count). The zero-order valence-corrected chi connectivity index (χ0v) is 16.1. The summed E-state index contributed by atoms with van der Waals surface area (Å²) in [5.41, 5.74) is 4.05. The second-order valence-electron chi connectivity index (χ2n) is 6.11. The Hall–Kier alpha value is -3.06. The summed E-state index contributed by atoms with van der Waals surface area (Å²) >= 11 is 3.43. The highest BCUT2D eigenvalue weighted by Gasteiger charge is 2.16. The number of carbonyl (C=O) groups is 1. The quantitative estimate of drug-likeness (QED) is 0.544. The van der Waals surface area contributed by atoms with E-state index in [1.807, 2.05) is 42.5 Å². The molecule has 0 saturated carbocycles. The minimum atomic E-state index is -0.168. The minimum Gasteiger partial charge on any atom is -0.347 e. The standard InChI is InChI=1S/C20H16BrN5O/c1-26-19(16-6-5-15(21)9-18(16)25-26)20(27)24-11-13-4-7-17(23-10-13)14-3-2-8-22-12-14/h2-10,12H,11H2,1H3,(H,24,27). The number of aryl methyl sites for hydroxylation is 1. The van der Waals surface area contributed by atoms with Gasteiger partial charge in [0.25, 0.3) is 5.91 Å². The molecule has 6 nitrogen and oxygen atoms in total. The summed E-state index contributed by atoms with van der Waals surface area (Å²) in [6.07, 6.45) is 5.27. The molecule has 0 aliphatic carbocycles. The number of halogens is 1. The number of amides is 1. The van der Waals surface area contributed by atoms with Gasteiger partial charge in [-0.25, -0.2) is 0 Å². The topological polar surface area (TPSA) is 72.7 Å². The molecule has 27 heavy (non-hydrogen) atoms. The summed E-state index contributed by atoms with van der Waals surface area (Å²) in [6.45, 7) is 0.391. The third-order valence-electron chi connectivity index (χ3n) is 4.25. The Balaban J connectivity index is 1.49. The molecule has 3 aromatic heterocycles. The van der Waals surface area contributed by atoms with Crippen LogP contribution in [0.15, 0.2) is 65.5 Å². The molecule has 0 fully saturated rings. The van der Waals surface area contributed by atoms with Crippen molar-refractivity contribution in [1.29, 1.82) is 0 Å². The number of hydrogen-bond donors (Lipinski definition) is 1. The molecule has 1 amide bonds. The molecule has 3 heterocycles. The molecule has 0 spiro atoms. The van der Waals surface area contributed by atoms with Crippen molar-refractivity contribution in [3.05, 3.63) is 76.8 Å². The van der Waals surface area contributed by atoms with Gasteiger partial charge in [0, 0.05) is 47.6 Å². The van der Waals surface area contributed by atoms with Crippen LogP contribution in [0.1, 0.15) is 16.1 Å². The lowest BCUT2D eigenvalue weighted by atomic mass is 10.1. The molecule has 1 N–H and O–H groups in total. The maximum atomic E-state index is 12.7. The van der Waals surface area contributed by atoms with E-state index in [1.165, 1.54) is 0 Å². The first-order chi connectivity index (χ1) is 13.1. The van der Waals surface area contributed by atoms with Crippen molar-refractivity contribution >= 4 is 32.7 Å². The van der Waals surface area contributed by atoms with Gasteiger partial charge in [-0.2, -0.15) is 5.10 Å². The molecule has 7 heteroatoms. The van der Waals surface area contributed by atoms with Gasteiger partial charge in [-0.15, -0.1) is 0 Å². The van der Waals surface area contributed by atoms with Crippen molar-refractivity contribution in [3.63, 3.8) is 0 Å². The van der Waals surface area contributed by atoms with Crippen molar-refractivity contribution in [3.8, 4) is 11.3 Å². The van der Waals surface area contributed by atoms with E-state index < -0.39 is 0 Å². The van der Waals surface area contributed by atoms with Crippen LogP contribution in [0.4, 0.5) is 0 Å². The minimum absolute atomic E-state index is 0.168. The molecule has 0 saturated heterocycles. The second kappa shape index (κ2) is 7.28. The van der Waals surface area contributed by atoms with Gasteiger partial charge in [0.15, 0.2) is 0 Å². The predicted molar refractivity (Wildman–Crippen MR) is 107 cm³/mol. The SMILES string of the molecule is Cn1nc2cc(Br)ccc2c1C(=O)NCc1ccc(-c2cccnc2)nc1. The van der Waals surface area contributed by atoms with Gasteiger partial charge in [-0.3, -0.25) is 19.4 Å². The fourth-order valence-corrected chi connectivity index (χ4v) is 3.27. The number of benzene rings is 1. The highest BCUT2D eigenvalue weighted by atomic mass is 79.9. The summed E-state index contributed by atoms with van der Waals surface area (Å²) < 4.78 is 2.54. The lowest BCUT2D eigenvalue weighted by molar-refractivity contribution is 0.0943. The van der Waals surface area contributed by atoms with Crippen LogP contribution < -0.4 is 5.32 Å². The first-order valence-corrected chi connectivity index (χ1v) is 9.17. The summed E-state index contributed by atoms with van der Waals surface area (Å²) in [6, 6.07) is 13.4. The van der Waals surface area contributed by atoms with Gasteiger partial charge in [0.05, 0.1) is 11.2 Å². The van der Waals surface area contributed by atoms with Crippen molar-refractivity contribution in [2.75, 3.05) is 0 Å². The molecule has 0 atom stereocenters. The Morgan fingerprint density at radius 3 is 2.81 bits per heavy atom.